The van der Waals surface area contributed by atoms with Gasteiger partial charge in [0, 0.05) is 18.6 Å². The fourth-order valence-electron chi connectivity index (χ4n) is 1.90. The average molecular weight is 270 g/mol. The van der Waals surface area contributed by atoms with Crippen molar-refractivity contribution in [2.24, 2.45) is 5.92 Å². The van der Waals surface area contributed by atoms with Crippen molar-refractivity contribution < 1.29 is 9.53 Å². The topological polar surface area (TPSA) is 52.1 Å². The summed E-state index contributed by atoms with van der Waals surface area (Å²) in [5.74, 6) is 0.0399. The Bertz CT molecular complexity index is 541. The molecular weight excluding hydrogens is 252 g/mol. The lowest BCUT2D eigenvalue weighted by Gasteiger charge is -2.19. The number of pyridine rings is 2. The van der Waals surface area contributed by atoms with E-state index < -0.39 is 0 Å². The molecule has 0 amide bonds. The van der Waals surface area contributed by atoms with E-state index in [0.29, 0.717) is 11.5 Å². The second-order valence-corrected chi connectivity index (χ2v) is 5.02. The van der Waals surface area contributed by atoms with Crippen LogP contribution in [0.4, 0.5) is 0 Å². The Kier molecular flexibility index (Phi) is 4.82. The molecule has 2 rings (SSSR count). The molecular formula is C16H18N2O2. The molecule has 0 radical (unpaired) electrons. The van der Waals surface area contributed by atoms with E-state index in [-0.39, 0.29) is 12.1 Å². The van der Waals surface area contributed by atoms with E-state index in [9.17, 15) is 4.79 Å². The molecule has 0 aliphatic rings. The van der Waals surface area contributed by atoms with E-state index in [4.69, 9.17) is 4.74 Å². The van der Waals surface area contributed by atoms with Crippen molar-refractivity contribution >= 4 is 5.97 Å². The monoisotopic (exact) mass is 270 g/mol. The van der Waals surface area contributed by atoms with E-state index >= 15 is 0 Å². The number of rotatable bonds is 5. The first kappa shape index (κ1) is 14.2. The molecule has 0 saturated carbocycles. The smallest absolute Gasteiger partial charge is 0.340 e. The minimum Gasteiger partial charge on any atom is -0.452 e. The third-order valence-corrected chi connectivity index (χ3v) is 2.85. The summed E-state index contributed by atoms with van der Waals surface area (Å²) in [6, 6.07) is 9.03. The molecule has 4 nitrogen and oxygen atoms in total. The van der Waals surface area contributed by atoms with Crippen LogP contribution in [-0.4, -0.2) is 15.9 Å². The zero-order valence-corrected chi connectivity index (χ0v) is 11.7. The Morgan fingerprint density at radius 3 is 2.65 bits per heavy atom. The van der Waals surface area contributed by atoms with Crippen LogP contribution >= 0.6 is 0 Å². The summed E-state index contributed by atoms with van der Waals surface area (Å²) in [6.07, 6.45) is 5.25. The minimum atomic E-state index is -0.366. The summed E-state index contributed by atoms with van der Waals surface area (Å²) in [7, 11) is 0. The van der Waals surface area contributed by atoms with Crippen LogP contribution in [0.15, 0.2) is 48.9 Å². The lowest BCUT2D eigenvalue weighted by atomic mass is 10.0. The van der Waals surface area contributed by atoms with Gasteiger partial charge in [0.05, 0.1) is 11.3 Å². The van der Waals surface area contributed by atoms with E-state index in [0.717, 1.165) is 12.1 Å². The predicted molar refractivity (Wildman–Crippen MR) is 76.1 cm³/mol. The van der Waals surface area contributed by atoms with Gasteiger partial charge in [-0.2, -0.15) is 0 Å². The molecule has 1 atom stereocenters. The SMILES string of the molecule is CC(C)C[C@H](OC(=O)c1cccnc1)c1ccccn1. The van der Waals surface area contributed by atoms with Crippen LogP contribution in [0, 0.1) is 5.92 Å². The van der Waals surface area contributed by atoms with Crippen molar-refractivity contribution in [3.8, 4) is 0 Å². The van der Waals surface area contributed by atoms with Gasteiger partial charge in [-0.1, -0.05) is 19.9 Å². The van der Waals surface area contributed by atoms with Crippen LogP contribution < -0.4 is 0 Å². The highest BCUT2D eigenvalue weighted by molar-refractivity contribution is 5.89. The van der Waals surface area contributed by atoms with Crippen molar-refractivity contribution in [2.75, 3.05) is 0 Å². The van der Waals surface area contributed by atoms with Crippen molar-refractivity contribution in [2.45, 2.75) is 26.4 Å². The van der Waals surface area contributed by atoms with Gasteiger partial charge in [-0.25, -0.2) is 4.79 Å². The highest BCUT2D eigenvalue weighted by Gasteiger charge is 2.20. The molecule has 20 heavy (non-hydrogen) atoms. The Morgan fingerprint density at radius 1 is 1.20 bits per heavy atom. The molecule has 0 N–H and O–H groups in total. The second-order valence-electron chi connectivity index (χ2n) is 5.02. The first-order valence-electron chi connectivity index (χ1n) is 6.68. The Balaban J connectivity index is 2.14. The molecule has 0 aliphatic carbocycles. The molecule has 0 fully saturated rings. The summed E-state index contributed by atoms with van der Waals surface area (Å²) in [5, 5.41) is 0. The predicted octanol–water partition coefficient (Wildman–Crippen LogP) is 3.42. The molecule has 0 bridgehead atoms. The first-order chi connectivity index (χ1) is 9.66. The van der Waals surface area contributed by atoms with Gasteiger partial charge in [0.2, 0.25) is 0 Å². The van der Waals surface area contributed by atoms with Gasteiger partial charge >= 0.3 is 5.97 Å². The van der Waals surface area contributed by atoms with Crippen LogP contribution in [0.25, 0.3) is 0 Å². The van der Waals surface area contributed by atoms with Crippen LogP contribution in [0.5, 0.6) is 0 Å². The lowest BCUT2D eigenvalue weighted by Crippen LogP contribution is -2.15. The summed E-state index contributed by atoms with van der Waals surface area (Å²) in [5.41, 5.74) is 1.23. The summed E-state index contributed by atoms with van der Waals surface area (Å²) < 4.78 is 5.59. The van der Waals surface area contributed by atoms with Gasteiger partial charge < -0.3 is 4.74 Å². The molecule has 104 valence electrons. The molecule has 2 heterocycles. The molecule has 0 aromatic carbocycles. The van der Waals surface area contributed by atoms with E-state index in [2.05, 4.69) is 23.8 Å². The highest BCUT2D eigenvalue weighted by Crippen LogP contribution is 2.24. The van der Waals surface area contributed by atoms with Gasteiger partial charge in [-0.05, 0) is 36.6 Å². The van der Waals surface area contributed by atoms with Gasteiger partial charge in [0.15, 0.2) is 0 Å². The first-order valence-corrected chi connectivity index (χ1v) is 6.68. The van der Waals surface area contributed by atoms with E-state index in [1.165, 1.54) is 6.20 Å². The summed E-state index contributed by atoms with van der Waals surface area (Å²) in [6.45, 7) is 4.18. The van der Waals surface area contributed by atoms with Gasteiger partial charge in [-0.3, -0.25) is 9.97 Å². The average Bonchev–Trinajstić information content (AvgIpc) is 2.48. The third-order valence-electron chi connectivity index (χ3n) is 2.85. The van der Waals surface area contributed by atoms with Crippen LogP contribution in [0.3, 0.4) is 0 Å². The maximum atomic E-state index is 12.1. The summed E-state index contributed by atoms with van der Waals surface area (Å²) in [4.78, 5) is 20.3. The van der Waals surface area contributed by atoms with E-state index in [1.54, 1.807) is 24.5 Å². The number of nitrogens with zero attached hydrogens (tertiary/aromatic N) is 2. The van der Waals surface area contributed by atoms with Gasteiger partial charge in [-0.15, -0.1) is 0 Å². The van der Waals surface area contributed by atoms with Gasteiger partial charge in [0.1, 0.15) is 6.10 Å². The largest absolute Gasteiger partial charge is 0.452 e. The maximum absolute atomic E-state index is 12.1. The van der Waals surface area contributed by atoms with Crippen LogP contribution in [-0.2, 0) is 4.74 Å². The molecule has 0 spiro atoms. The standard InChI is InChI=1S/C16H18N2O2/c1-12(2)10-15(14-7-3-4-9-18-14)20-16(19)13-6-5-8-17-11-13/h3-9,11-12,15H,10H2,1-2H3/t15-/m0/s1. The van der Waals surface area contributed by atoms with Gasteiger partial charge in [0.25, 0.3) is 0 Å². The molecule has 2 aromatic rings. The van der Waals surface area contributed by atoms with Crippen LogP contribution in [0.1, 0.15) is 42.4 Å². The van der Waals surface area contributed by atoms with Crippen molar-refractivity contribution in [3.63, 3.8) is 0 Å². The Labute approximate surface area is 118 Å². The van der Waals surface area contributed by atoms with Crippen molar-refractivity contribution in [1.82, 2.24) is 9.97 Å². The number of aromatic nitrogens is 2. The normalized spacial score (nSPS) is 12.2. The molecule has 4 heteroatoms. The molecule has 0 aliphatic heterocycles. The van der Waals surface area contributed by atoms with Crippen molar-refractivity contribution in [1.29, 1.82) is 0 Å². The zero-order valence-electron chi connectivity index (χ0n) is 11.7. The highest BCUT2D eigenvalue weighted by atomic mass is 16.5. The minimum absolute atomic E-state index is 0.330. The quantitative estimate of drug-likeness (QED) is 0.781. The maximum Gasteiger partial charge on any atom is 0.340 e. The lowest BCUT2D eigenvalue weighted by molar-refractivity contribution is 0.0236. The molecule has 0 unspecified atom stereocenters. The van der Waals surface area contributed by atoms with E-state index in [1.807, 2.05) is 18.2 Å². The number of esters is 1. The fourth-order valence-corrected chi connectivity index (χ4v) is 1.90. The third kappa shape index (κ3) is 3.88. The number of hydrogen-bond donors (Lipinski definition) is 0. The number of hydrogen-bond acceptors (Lipinski definition) is 4. The Morgan fingerprint density at radius 2 is 2.05 bits per heavy atom. The second kappa shape index (κ2) is 6.80. The molecule has 2 aromatic heterocycles. The molecule has 0 saturated heterocycles. The number of carbonyl (C=O) groups is 1. The summed E-state index contributed by atoms with van der Waals surface area (Å²) >= 11 is 0. The number of ether oxygens (including phenoxy) is 1. The zero-order chi connectivity index (χ0) is 14.4. The number of carbonyl (C=O) groups excluding carboxylic acids is 1. The van der Waals surface area contributed by atoms with Crippen molar-refractivity contribution in [3.05, 3.63) is 60.2 Å². The Hall–Kier alpha value is -2.23. The van der Waals surface area contributed by atoms with Crippen LogP contribution in [0.2, 0.25) is 0 Å². The fraction of sp³-hybridized carbons (Fsp3) is 0.312.